The number of aromatic amines is 1. The monoisotopic (exact) mass is 350 g/mol. The van der Waals surface area contributed by atoms with Crippen molar-refractivity contribution in [2.75, 3.05) is 36.0 Å². The Labute approximate surface area is 152 Å². The van der Waals surface area contributed by atoms with Gasteiger partial charge in [-0.05, 0) is 38.3 Å². The Bertz CT molecular complexity index is 909. The summed E-state index contributed by atoms with van der Waals surface area (Å²) in [6, 6.07) is 7.50. The van der Waals surface area contributed by atoms with Crippen LogP contribution < -0.4 is 15.4 Å². The molecule has 2 aromatic rings. The molecule has 1 N–H and O–H groups in total. The number of hydrogen-bond acceptors (Lipinski definition) is 6. The summed E-state index contributed by atoms with van der Waals surface area (Å²) in [5.41, 5.74) is 2.14. The number of nitrogens with zero attached hydrogens (tertiary/aromatic N) is 5. The maximum absolute atomic E-state index is 12.1. The molecule has 134 valence electrons. The minimum atomic E-state index is -0.0808. The lowest BCUT2D eigenvalue weighted by molar-refractivity contribution is 0.729. The maximum Gasteiger partial charge on any atom is 0.252 e. The molecule has 1 unspecified atom stereocenters. The second kappa shape index (κ2) is 6.79. The predicted molar refractivity (Wildman–Crippen MR) is 99.6 cm³/mol. The highest BCUT2D eigenvalue weighted by atomic mass is 16.1. The Morgan fingerprint density at radius 1 is 1.19 bits per heavy atom. The van der Waals surface area contributed by atoms with E-state index in [9.17, 15) is 4.79 Å². The molecule has 1 atom stereocenters. The summed E-state index contributed by atoms with van der Waals surface area (Å²) in [7, 11) is 0. The summed E-state index contributed by atoms with van der Waals surface area (Å²) in [6.45, 7) is 5.43. The van der Waals surface area contributed by atoms with Crippen LogP contribution in [-0.2, 0) is 0 Å². The van der Waals surface area contributed by atoms with Crippen LogP contribution in [-0.4, -0.2) is 41.1 Å². The van der Waals surface area contributed by atoms with Gasteiger partial charge >= 0.3 is 0 Å². The van der Waals surface area contributed by atoms with E-state index in [1.54, 1.807) is 6.07 Å². The first-order valence-electron chi connectivity index (χ1n) is 9.13. The third-order valence-electron chi connectivity index (χ3n) is 5.28. The Morgan fingerprint density at radius 2 is 2.00 bits per heavy atom. The lowest BCUT2D eigenvalue weighted by atomic mass is 10.1. The van der Waals surface area contributed by atoms with Crippen LogP contribution in [0.2, 0.25) is 0 Å². The molecule has 7 heteroatoms. The number of aromatic nitrogens is 3. The molecule has 2 saturated heterocycles. The minimum absolute atomic E-state index is 0.0808. The molecule has 0 bridgehead atoms. The van der Waals surface area contributed by atoms with Crippen molar-refractivity contribution in [3.63, 3.8) is 0 Å². The number of aryl methyl sites for hydroxylation is 1. The summed E-state index contributed by atoms with van der Waals surface area (Å²) >= 11 is 0. The summed E-state index contributed by atoms with van der Waals surface area (Å²) < 4.78 is 0. The fourth-order valence-electron chi connectivity index (χ4n) is 3.80. The zero-order valence-corrected chi connectivity index (χ0v) is 14.9. The topological polar surface area (TPSA) is 88.9 Å². The van der Waals surface area contributed by atoms with E-state index in [4.69, 9.17) is 10.2 Å². The lowest BCUT2D eigenvalue weighted by Gasteiger charge is -2.19. The zero-order chi connectivity index (χ0) is 18.1. The molecule has 0 aromatic carbocycles. The number of pyridine rings is 1. The molecule has 0 spiro atoms. The van der Waals surface area contributed by atoms with Gasteiger partial charge in [-0.25, -0.2) is 9.97 Å². The zero-order valence-electron chi connectivity index (χ0n) is 14.9. The van der Waals surface area contributed by atoms with Crippen LogP contribution in [0.5, 0.6) is 0 Å². The number of rotatable bonds is 3. The van der Waals surface area contributed by atoms with E-state index in [2.05, 4.69) is 25.8 Å². The first-order valence-corrected chi connectivity index (χ1v) is 9.13. The van der Waals surface area contributed by atoms with Gasteiger partial charge in [0.05, 0.1) is 17.0 Å². The Kier molecular flexibility index (Phi) is 4.33. The molecule has 2 fully saturated rings. The van der Waals surface area contributed by atoms with Crippen molar-refractivity contribution in [2.45, 2.75) is 32.1 Å². The molecule has 4 heterocycles. The van der Waals surface area contributed by atoms with E-state index in [0.29, 0.717) is 11.5 Å². The van der Waals surface area contributed by atoms with Crippen LogP contribution in [0.15, 0.2) is 23.0 Å². The van der Waals surface area contributed by atoms with E-state index >= 15 is 0 Å². The van der Waals surface area contributed by atoms with Gasteiger partial charge in [-0.15, -0.1) is 0 Å². The van der Waals surface area contributed by atoms with E-state index in [0.717, 1.165) is 62.6 Å². The number of anilines is 2. The fraction of sp³-hybridized carbons (Fsp3) is 0.474. The Balaban J connectivity index is 1.54. The SMILES string of the molecule is Cc1nc(N2CCC(c3cc(=O)[nH]c(N4CCCC4)n3)C2)ccc1C#N. The van der Waals surface area contributed by atoms with Gasteiger partial charge in [0.15, 0.2) is 0 Å². The summed E-state index contributed by atoms with van der Waals surface area (Å²) in [6.07, 6.45) is 3.24. The van der Waals surface area contributed by atoms with Gasteiger partial charge in [-0.1, -0.05) is 0 Å². The maximum atomic E-state index is 12.1. The first kappa shape index (κ1) is 16.6. The Morgan fingerprint density at radius 3 is 2.73 bits per heavy atom. The van der Waals surface area contributed by atoms with Gasteiger partial charge < -0.3 is 9.80 Å². The summed E-state index contributed by atoms with van der Waals surface area (Å²) in [5, 5.41) is 9.06. The number of nitrogens with one attached hydrogen (secondary N) is 1. The second-order valence-corrected chi connectivity index (χ2v) is 7.03. The first-order chi connectivity index (χ1) is 12.6. The van der Waals surface area contributed by atoms with Crippen molar-refractivity contribution in [3.05, 3.63) is 45.5 Å². The van der Waals surface area contributed by atoms with E-state index in [1.807, 2.05) is 19.1 Å². The minimum Gasteiger partial charge on any atom is -0.356 e. The van der Waals surface area contributed by atoms with Crippen molar-refractivity contribution in [1.82, 2.24) is 15.0 Å². The van der Waals surface area contributed by atoms with Crippen molar-refractivity contribution in [2.24, 2.45) is 0 Å². The molecule has 0 saturated carbocycles. The molecule has 0 radical (unpaired) electrons. The standard InChI is InChI=1S/C19H22N6O/c1-13-14(11-20)4-5-17(21-13)25-9-6-15(12-25)16-10-18(26)23-19(22-16)24-7-2-3-8-24/h4-5,10,15H,2-3,6-9,12H2,1H3,(H,22,23,26). The second-order valence-electron chi connectivity index (χ2n) is 7.03. The Hall–Kier alpha value is -2.88. The average Bonchev–Trinajstić information content (AvgIpc) is 3.33. The molecule has 2 aliphatic heterocycles. The van der Waals surface area contributed by atoms with Gasteiger partial charge in [0.2, 0.25) is 5.95 Å². The third-order valence-corrected chi connectivity index (χ3v) is 5.28. The molecular formula is C19H22N6O. The molecule has 2 aliphatic rings. The van der Waals surface area contributed by atoms with E-state index in [1.165, 1.54) is 0 Å². The lowest BCUT2D eigenvalue weighted by Crippen LogP contribution is -2.25. The van der Waals surface area contributed by atoms with Crippen LogP contribution in [0, 0.1) is 18.3 Å². The van der Waals surface area contributed by atoms with Crippen LogP contribution in [0.1, 0.15) is 42.1 Å². The highest BCUT2D eigenvalue weighted by Gasteiger charge is 2.27. The van der Waals surface area contributed by atoms with Gasteiger partial charge in [0, 0.05) is 38.2 Å². The smallest absolute Gasteiger partial charge is 0.252 e. The summed E-state index contributed by atoms with van der Waals surface area (Å²) in [4.78, 5) is 28.7. The van der Waals surface area contributed by atoms with Gasteiger partial charge in [0.25, 0.3) is 5.56 Å². The van der Waals surface area contributed by atoms with Gasteiger partial charge in [0.1, 0.15) is 11.9 Å². The summed E-state index contributed by atoms with van der Waals surface area (Å²) in [5.74, 6) is 1.81. The number of nitriles is 1. The molecule has 0 aliphatic carbocycles. The fourth-order valence-corrected chi connectivity index (χ4v) is 3.80. The molecule has 4 rings (SSSR count). The van der Waals surface area contributed by atoms with Crippen molar-refractivity contribution >= 4 is 11.8 Å². The molecule has 2 aromatic heterocycles. The highest BCUT2D eigenvalue weighted by Crippen LogP contribution is 2.29. The molecular weight excluding hydrogens is 328 g/mol. The van der Waals surface area contributed by atoms with Crippen LogP contribution >= 0.6 is 0 Å². The van der Waals surface area contributed by atoms with Crippen LogP contribution in [0.3, 0.4) is 0 Å². The molecule has 0 amide bonds. The quantitative estimate of drug-likeness (QED) is 0.910. The average molecular weight is 350 g/mol. The molecule has 7 nitrogen and oxygen atoms in total. The largest absolute Gasteiger partial charge is 0.356 e. The van der Waals surface area contributed by atoms with E-state index < -0.39 is 0 Å². The van der Waals surface area contributed by atoms with Crippen molar-refractivity contribution < 1.29 is 0 Å². The van der Waals surface area contributed by atoms with Crippen LogP contribution in [0.25, 0.3) is 0 Å². The third kappa shape index (κ3) is 3.15. The van der Waals surface area contributed by atoms with Crippen LogP contribution in [0.4, 0.5) is 11.8 Å². The predicted octanol–water partition coefficient (Wildman–Crippen LogP) is 1.94. The van der Waals surface area contributed by atoms with E-state index in [-0.39, 0.29) is 11.5 Å². The number of H-pyrrole nitrogens is 1. The van der Waals surface area contributed by atoms with Gasteiger partial charge in [-0.2, -0.15) is 5.26 Å². The molecule has 26 heavy (non-hydrogen) atoms. The normalized spacial score (nSPS) is 19.8. The highest BCUT2D eigenvalue weighted by molar-refractivity contribution is 5.46. The van der Waals surface area contributed by atoms with Crippen molar-refractivity contribution in [1.29, 1.82) is 5.26 Å². The van der Waals surface area contributed by atoms with Gasteiger partial charge in [-0.3, -0.25) is 9.78 Å². The number of hydrogen-bond donors (Lipinski definition) is 1. The van der Waals surface area contributed by atoms with Crippen molar-refractivity contribution in [3.8, 4) is 6.07 Å².